The highest BCUT2D eigenvalue weighted by Crippen LogP contribution is 2.13. The van der Waals surface area contributed by atoms with Gasteiger partial charge in [0, 0.05) is 46.0 Å². The number of nitrogens with two attached hydrogens (primary N) is 1. The van der Waals surface area contributed by atoms with Crippen LogP contribution in [-0.2, 0) is 13.6 Å². The summed E-state index contributed by atoms with van der Waals surface area (Å²) >= 11 is 5.21. The van der Waals surface area contributed by atoms with Crippen molar-refractivity contribution in [3.63, 3.8) is 0 Å². The monoisotopic (exact) mass is 295 g/mol. The van der Waals surface area contributed by atoms with Gasteiger partial charge in [-0.15, -0.1) is 0 Å². The highest BCUT2D eigenvalue weighted by atomic mass is 32.1. The van der Waals surface area contributed by atoms with Gasteiger partial charge in [0.15, 0.2) is 0 Å². The van der Waals surface area contributed by atoms with Crippen molar-refractivity contribution in [1.29, 1.82) is 0 Å². The van der Waals surface area contributed by atoms with Gasteiger partial charge in [-0.2, -0.15) is 5.10 Å². The molecule has 0 amide bonds. The second kappa shape index (κ2) is 7.15. The van der Waals surface area contributed by atoms with Crippen LogP contribution in [0.4, 0.5) is 0 Å². The molecule has 0 aromatic carbocycles. The maximum atomic E-state index is 5.88. The van der Waals surface area contributed by atoms with E-state index in [9.17, 15) is 0 Å². The summed E-state index contributed by atoms with van der Waals surface area (Å²) in [6, 6.07) is 2.35. The van der Waals surface area contributed by atoms with Gasteiger partial charge in [-0.3, -0.25) is 14.5 Å². The Morgan fingerprint density at radius 2 is 2.10 bits per heavy atom. The van der Waals surface area contributed by atoms with Gasteiger partial charge < -0.3 is 5.73 Å². The number of thiocarbonyl (C=S) groups is 1. The van der Waals surface area contributed by atoms with Gasteiger partial charge in [-0.1, -0.05) is 25.6 Å². The Bertz CT molecular complexity index is 437. The molecule has 112 valence electrons. The molecular formula is C14H25N5S. The fraction of sp³-hybridized carbons (Fsp3) is 0.714. The Hall–Kier alpha value is -0.980. The summed E-state index contributed by atoms with van der Waals surface area (Å²) in [5.41, 5.74) is 7.02. The third kappa shape index (κ3) is 4.01. The molecule has 5 nitrogen and oxygen atoms in total. The number of aromatic nitrogens is 2. The van der Waals surface area contributed by atoms with Crippen LogP contribution >= 0.6 is 12.2 Å². The minimum absolute atomic E-state index is 0.270. The maximum absolute atomic E-state index is 5.88. The SMILES string of the molecule is CCCC(C(N)=S)N1CCN(Cc2ccn(C)n2)CC1. The fourth-order valence-corrected chi connectivity index (χ4v) is 3.05. The molecular weight excluding hydrogens is 270 g/mol. The lowest BCUT2D eigenvalue weighted by atomic mass is 10.1. The number of hydrogen-bond donors (Lipinski definition) is 1. The van der Waals surface area contributed by atoms with Gasteiger partial charge >= 0.3 is 0 Å². The minimum atomic E-state index is 0.270. The summed E-state index contributed by atoms with van der Waals surface area (Å²) in [6.07, 6.45) is 4.18. The maximum Gasteiger partial charge on any atom is 0.0902 e. The first-order valence-corrected chi connectivity index (χ1v) is 7.75. The molecule has 1 unspecified atom stereocenters. The Morgan fingerprint density at radius 1 is 1.40 bits per heavy atom. The molecule has 2 rings (SSSR count). The molecule has 1 aliphatic heterocycles. The van der Waals surface area contributed by atoms with Crippen LogP contribution in [0.25, 0.3) is 0 Å². The van der Waals surface area contributed by atoms with Gasteiger partial charge in [-0.05, 0) is 12.5 Å². The molecule has 0 radical (unpaired) electrons. The Morgan fingerprint density at radius 3 is 2.60 bits per heavy atom. The largest absolute Gasteiger partial charge is 0.392 e. The lowest BCUT2D eigenvalue weighted by Gasteiger charge is -2.38. The molecule has 1 saturated heterocycles. The van der Waals surface area contributed by atoms with Crippen molar-refractivity contribution >= 4 is 17.2 Å². The number of hydrogen-bond acceptors (Lipinski definition) is 4. The quantitative estimate of drug-likeness (QED) is 0.793. The average Bonchev–Trinajstić information content (AvgIpc) is 2.82. The van der Waals surface area contributed by atoms with E-state index in [1.54, 1.807) is 0 Å². The second-order valence-corrected chi connectivity index (χ2v) is 5.97. The third-order valence-corrected chi connectivity index (χ3v) is 4.16. The van der Waals surface area contributed by atoms with Crippen molar-refractivity contribution in [2.45, 2.75) is 32.4 Å². The number of nitrogens with zero attached hydrogens (tertiary/aromatic N) is 4. The smallest absolute Gasteiger partial charge is 0.0902 e. The third-order valence-electron chi connectivity index (χ3n) is 3.89. The van der Waals surface area contributed by atoms with Crippen LogP contribution < -0.4 is 5.73 Å². The van der Waals surface area contributed by atoms with E-state index in [1.165, 1.54) is 0 Å². The van der Waals surface area contributed by atoms with E-state index in [0.29, 0.717) is 4.99 Å². The zero-order chi connectivity index (χ0) is 14.5. The molecule has 1 atom stereocenters. The summed E-state index contributed by atoms with van der Waals surface area (Å²) in [4.78, 5) is 5.52. The number of piperazine rings is 1. The predicted molar refractivity (Wildman–Crippen MR) is 85.5 cm³/mol. The van der Waals surface area contributed by atoms with Crippen molar-refractivity contribution in [3.8, 4) is 0 Å². The molecule has 1 aromatic heterocycles. The first-order valence-electron chi connectivity index (χ1n) is 7.34. The van der Waals surface area contributed by atoms with Gasteiger partial charge in [-0.25, -0.2) is 0 Å². The van der Waals surface area contributed by atoms with E-state index >= 15 is 0 Å². The molecule has 0 spiro atoms. The van der Waals surface area contributed by atoms with Crippen LogP contribution in [0.1, 0.15) is 25.5 Å². The van der Waals surface area contributed by atoms with Crippen molar-refractivity contribution in [1.82, 2.24) is 19.6 Å². The van der Waals surface area contributed by atoms with E-state index in [2.05, 4.69) is 27.9 Å². The molecule has 1 aromatic rings. The minimum Gasteiger partial charge on any atom is -0.392 e. The molecule has 20 heavy (non-hydrogen) atoms. The fourth-order valence-electron chi connectivity index (χ4n) is 2.79. The van der Waals surface area contributed by atoms with Crippen molar-refractivity contribution in [2.24, 2.45) is 12.8 Å². The van der Waals surface area contributed by atoms with Crippen LogP contribution in [0.3, 0.4) is 0 Å². The molecule has 0 bridgehead atoms. The molecule has 0 saturated carbocycles. The normalized spacial score (nSPS) is 19.1. The predicted octanol–water partition coefficient (Wildman–Crippen LogP) is 0.992. The first-order chi connectivity index (χ1) is 9.60. The first kappa shape index (κ1) is 15.4. The molecule has 6 heteroatoms. The lowest BCUT2D eigenvalue weighted by Crippen LogP contribution is -2.53. The van der Waals surface area contributed by atoms with E-state index in [-0.39, 0.29) is 6.04 Å². The molecule has 1 fully saturated rings. The van der Waals surface area contributed by atoms with E-state index in [4.69, 9.17) is 18.0 Å². The van der Waals surface area contributed by atoms with Crippen molar-refractivity contribution < 1.29 is 0 Å². The van der Waals surface area contributed by atoms with Crippen LogP contribution in [0.5, 0.6) is 0 Å². The highest BCUT2D eigenvalue weighted by Gasteiger charge is 2.25. The highest BCUT2D eigenvalue weighted by molar-refractivity contribution is 7.80. The summed E-state index contributed by atoms with van der Waals surface area (Å²) in [5, 5.41) is 4.44. The van der Waals surface area contributed by atoms with E-state index in [0.717, 1.165) is 51.3 Å². The van der Waals surface area contributed by atoms with E-state index < -0.39 is 0 Å². The zero-order valence-corrected chi connectivity index (χ0v) is 13.3. The summed E-state index contributed by atoms with van der Waals surface area (Å²) in [5.74, 6) is 0. The standard InChI is InChI=1S/C14H25N5S/c1-3-4-13(14(15)20)19-9-7-18(8-10-19)11-12-5-6-17(2)16-12/h5-6,13H,3-4,7-11H2,1-2H3,(H2,15,20). The van der Waals surface area contributed by atoms with Crippen LogP contribution in [-0.4, -0.2) is 56.8 Å². The van der Waals surface area contributed by atoms with Crippen LogP contribution in [0, 0.1) is 0 Å². The van der Waals surface area contributed by atoms with Gasteiger partial charge in [0.05, 0.1) is 16.7 Å². The summed E-state index contributed by atoms with van der Waals surface area (Å²) in [7, 11) is 1.96. The Kier molecular flexibility index (Phi) is 5.51. The topological polar surface area (TPSA) is 50.3 Å². The summed E-state index contributed by atoms with van der Waals surface area (Å²) < 4.78 is 1.86. The molecule has 0 aliphatic carbocycles. The Balaban J connectivity index is 1.83. The lowest BCUT2D eigenvalue weighted by molar-refractivity contribution is 0.109. The second-order valence-electron chi connectivity index (χ2n) is 5.50. The number of aryl methyl sites for hydroxylation is 1. The zero-order valence-electron chi connectivity index (χ0n) is 12.5. The van der Waals surface area contributed by atoms with Gasteiger partial charge in [0.2, 0.25) is 0 Å². The molecule has 1 aliphatic rings. The van der Waals surface area contributed by atoms with E-state index in [1.807, 2.05) is 17.9 Å². The van der Waals surface area contributed by atoms with Crippen molar-refractivity contribution in [2.75, 3.05) is 26.2 Å². The van der Waals surface area contributed by atoms with Gasteiger partial charge in [0.25, 0.3) is 0 Å². The number of rotatable bonds is 6. The average molecular weight is 295 g/mol. The van der Waals surface area contributed by atoms with Crippen LogP contribution in [0.2, 0.25) is 0 Å². The Labute approximate surface area is 126 Å². The molecule has 2 N–H and O–H groups in total. The van der Waals surface area contributed by atoms with Gasteiger partial charge in [0.1, 0.15) is 0 Å². The van der Waals surface area contributed by atoms with Crippen LogP contribution in [0.15, 0.2) is 12.3 Å². The molecule has 2 heterocycles. The van der Waals surface area contributed by atoms with Crippen molar-refractivity contribution in [3.05, 3.63) is 18.0 Å². The summed E-state index contributed by atoms with van der Waals surface area (Å²) in [6.45, 7) is 7.30.